The van der Waals surface area contributed by atoms with Crippen molar-refractivity contribution in [3.05, 3.63) is 0 Å². The van der Waals surface area contributed by atoms with Gasteiger partial charge in [-0.05, 0) is 33.1 Å². The third-order valence-electron chi connectivity index (χ3n) is 2.87. The zero-order valence-electron chi connectivity index (χ0n) is 9.24. The van der Waals surface area contributed by atoms with Crippen LogP contribution in [0.3, 0.4) is 0 Å². The number of hydrogen-bond donors (Lipinski definition) is 0. The summed E-state index contributed by atoms with van der Waals surface area (Å²) in [7, 11) is 0. The van der Waals surface area contributed by atoms with E-state index in [0.29, 0.717) is 12.1 Å². The fourth-order valence-electron chi connectivity index (χ4n) is 1.91. The van der Waals surface area contributed by atoms with Gasteiger partial charge in [0.15, 0.2) is 0 Å². The van der Waals surface area contributed by atoms with Crippen LogP contribution in [0.4, 0.5) is 0 Å². The van der Waals surface area contributed by atoms with Gasteiger partial charge in [0.2, 0.25) is 0 Å². The second kappa shape index (κ2) is 4.60. The predicted molar refractivity (Wildman–Crippen MR) is 55.2 cm³/mol. The van der Waals surface area contributed by atoms with Crippen LogP contribution < -0.4 is 0 Å². The van der Waals surface area contributed by atoms with E-state index >= 15 is 0 Å². The Morgan fingerprint density at radius 2 is 2.14 bits per heavy atom. The number of nitrogens with zero attached hydrogens (tertiary/aromatic N) is 1. The summed E-state index contributed by atoms with van der Waals surface area (Å²) in [6.07, 6.45) is 4.32. The molecule has 0 aromatic carbocycles. The Bertz CT molecular complexity index is 180. The van der Waals surface area contributed by atoms with Crippen molar-refractivity contribution in [1.82, 2.24) is 4.90 Å². The molecular weight excluding hydrogens is 178 g/mol. The second-order valence-electron chi connectivity index (χ2n) is 4.55. The minimum Gasteiger partial charge on any atom is -0.377 e. The van der Waals surface area contributed by atoms with Crippen LogP contribution >= 0.6 is 0 Å². The normalized spacial score (nSPS) is 30.6. The van der Waals surface area contributed by atoms with Gasteiger partial charge in [-0.1, -0.05) is 0 Å². The summed E-state index contributed by atoms with van der Waals surface area (Å²) in [4.78, 5) is 2.42. The number of rotatable bonds is 3. The lowest BCUT2D eigenvalue weighted by Crippen LogP contribution is -2.44. The largest absolute Gasteiger partial charge is 0.377 e. The Hall–Kier alpha value is -0.120. The van der Waals surface area contributed by atoms with Crippen LogP contribution in [-0.2, 0) is 9.47 Å². The van der Waals surface area contributed by atoms with Gasteiger partial charge in [-0.15, -0.1) is 0 Å². The minimum absolute atomic E-state index is 0.199. The van der Waals surface area contributed by atoms with E-state index in [1.807, 2.05) is 0 Å². The molecule has 2 aliphatic rings. The smallest absolute Gasteiger partial charge is 0.134 e. The van der Waals surface area contributed by atoms with E-state index in [1.165, 1.54) is 12.8 Å². The van der Waals surface area contributed by atoms with Crippen LogP contribution in [0.1, 0.15) is 33.1 Å². The molecule has 1 aliphatic carbocycles. The first-order valence-electron chi connectivity index (χ1n) is 5.76. The Morgan fingerprint density at radius 1 is 1.36 bits per heavy atom. The SMILES string of the molecule is CC(C)N1CCCOC[C@H]1OC1CC1. The Kier molecular flexibility index (Phi) is 3.42. The van der Waals surface area contributed by atoms with Crippen molar-refractivity contribution in [2.24, 2.45) is 0 Å². The van der Waals surface area contributed by atoms with Crippen LogP contribution in [0.25, 0.3) is 0 Å². The zero-order chi connectivity index (χ0) is 9.97. The second-order valence-corrected chi connectivity index (χ2v) is 4.55. The van der Waals surface area contributed by atoms with Gasteiger partial charge in [0.05, 0.1) is 12.7 Å². The first-order chi connectivity index (χ1) is 6.77. The fraction of sp³-hybridized carbons (Fsp3) is 1.00. The third kappa shape index (κ3) is 2.69. The summed E-state index contributed by atoms with van der Waals surface area (Å²) in [5, 5.41) is 0. The van der Waals surface area contributed by atoms with Gasteiger partial charge < -0.3 is 9.47 Å². The molecule has 0 N–H and O–H groups in total. The molecule has 1 heterocycles. The van der Waals surface area contributed by atoms with Crippen molar-refractivity contribution in [3.63, 3.8) is 0 Å². The molecule has 3 heteroatoms. The molecule has 82 valence electrons. The van der Waals surface area contributed by atoms with Crippen molar-refractivity contribution in [2.75, 3.05) is 19.8 Å². The predicted octanol–water partition coefficient (Wildman–Crippen LogP) is 1.62. The van der Waals surface area contributed by atoms with Crippen molar-refractivity contribution < 1.29 is 9.47 Å². The summed E-state index contributed by atoms with van der Waals surface area (Å²) in [6, 6.07) is 0.556. The molecule has 0 amide bonds. The molecule has 1 saturated heterocycles. The topological polar surface area (TPSA) is 21.7 Å². The summed E-state index contributed by atoms with van der Waals surface area (Å²) >= 11 is 0. The molecule has 1 saturated carbocycles. The van der Waals surface area contributed by atoms with Crippen molar-refractivity contribution in [3.8, 4) is 0 Å². The summed E-state index contributed by atoms with van der Waals surface area (Å²) in [6.45, 7) is 7.20. The lowest BCUT2D eigenvalue weighted by molar-refractivity contribution is -0.103. The summed E-state index contributed by atoms with van der Waals surface area (Å²) in [5.41, 5.74) is 0. The zero-order valence-corrected chi connectivity index (χ0v) is 9.24. The Labute approximate surface area is 86.4 Å². The highest BCUT2D eigenvalue weighted by Gasteiger charge is 2.31. The average Bonchev–Trinajstić information content (AvgIpc) is 2.92. The Morgan fingerprint density at radius 3 is 2.79 bits per heavy atom. The number of hydrogen-bond acceptors (Lipinski definition) is 3. The minimum atomic E-state index is 0.199. The van der Waals surface area contributed by atoms with Gasteiger partial charge in [0.25, 0.3) is 0 Å². The molecule has 0 radical (unpaired) electrons. The van der Waals surface area contributed by atoms with Gasteiger partial charge in [-0.2, -0.15) is 0 Å². The maximum absolute atomic E-state index is 5.96. The van der Waals surface area contributed by atoms with Crippen LogP contribution in [0.5, 0.6) is 0 Å². The molecule has 14 heavy (non-hydrogen) atoms. The molecule has 1 atom stereocenters. The van der Waals surface area contributed by atoms with Crippen LogP contribution in [0.2, 0.25) is 0 Å². The van der Waals surface area contributed by atoms with E-state index in [1.54, 1.807) is 0 Å². The maximum Gasteiger partial charge on any atom is 0.134 e. The van der Waals surface area contributed by atoms with Crippen molar-refractivity contribution >= 4 is 0 Å². The monoisotopic (exact) mass is 199 g/mol. The third-order valence-corrected chi connectivity index (χ3v) is 2.87. The highest BCUT2D eigenvalue weighted by Crippen LogP contribution is 2.27. The van der Waals surface area contributed by atoms with Gasteiger partial charge in [-0.25, -0.2) is 0 Å². The van der Waals surface area contributed by atoms with E-state index < -0.39 is 0 Å². The highest BCUT2D eigenvalue weighted by atomic mass is 16.6. The van der Waals surface area contributed by atoms with E-state index in [4.69, 9.17) is 9.47 Å². The Balaban J connectivity index is 1.91. The molecule has 2 rings (SSSR count). The molecule has 0 aromatic rings. The molecule has 0 aromatic heterocycles. The molecule has 2 fully saturated rings. The van der Waals surface area contributed by atoms with Gasteiger partial charge in [0.1, 0.15) is 6.23 Å². The molecule has 0 spiro atoms. The first kappa shape index (κ1) is 10.4. The van der Waals surface area contributed by atoms with E-state index in [9.17, 15) is 0 Å². The molecule has 1 aliphatic heterocycles. The van der Waals surface area contributed by atoms with Crippen LogP contribution in [-0.4, -0.2) is 43.0 Å². The average molecular weight is 199 g/mol. The first-order valence-corrected chi connectivity index (χ1v) is 5.76. The number of ether oxygens (including phenoxy) is 2. The van der Waals surface area contributed by atoms with Gasteiger partial charge >= 0.3 is 0 Å². The summed E-state index contributed by atoms with van der Waals surface area (Å²) in [5.74, 6) is 0. The molecule has 0 unspecified atom stereocenters. The standard InChI is InChI=1S/C11H21NO2/c1-9(2)12-6-3-7-13-8-11(12)14-10-4-5-10/h9-11H,3-8H2,1-2H3/t11-/m1/s1. The van der Waals surface area contributed by atoms with Crippen LogP contribution in [0, 0.1) is 0 Å². The lowest BCUT2D eigenvalue weighted by atomic mass is 10.3. The lowest BCUT2D eigenvalue weighted by Gasteiger charge is -2.32. The van der Waals surface area contributed by atoms with Gasteiger partial charge in [0, 0.05) is 19.2 Å². The molecule has 0 bridgehead atoms. The summed E-state index contributed by atoms with van der Waals surface area (Å²) < 4.78 is 11.5. The van der Waals surface area contributed by atoms with E-state index in [-0.39, 0.29) is 6.23 Å². The molecular formula is C11H21NO2. The van der Waals surface area contributed by atoms with Crippen molar-refractivity contribution in [1.29, 1.82) is 0 Å². The molecule has 3 nitrogen and oxygen atoms in total. The van der Waals surface area contributed by atoms with Gasteiger partial charge in [-0.3, -0.25) is 4.90 Å². The van der Waals surface area contributed by atoms with E-state index in [0.717, 1.165) is 26.2 Å². The quantitative estimate of drug-likeness (QED) is 0.689. The van der Waals surface area contributed by atoms with E-state index in [2.05, 4.69) is 18.7 Å². The fourth-order valence-corrected chi connectivity index (χ4v) is 1.91. The van der Waals surface area contributed by atoms with Crippen LogP contribution in [0.15, 0.2) is 0 Å². The maximum atomic E-state index is 5.96. The highest BCUT2D eigenvalue weighted by molar-refractivity contribution is 4.78. The van der Waals surface area contributed by atoms with Crippen molar-refractivity contribution in [2.45, 2.75) is 51.5 Å².